The van der Waals surface area contributed by atoms with Gasteiger partial charge in [-0.2, -0.15) is 0 Å². The summed E-state index contributed by atoms with van der Waals surface area (Å²) in [4.78, 5) is 12.3. The monoisotopic (exact) mass is 451 g/mol. The molecular weight excluding hydrogens is 434 g/mol. The molecule has 0 radical (unpaired) electrons. The third-order valence-electron chi connectivity index (χ3n) is 3.86. The van der Waals surface area contributed by atoms with Gasteiger partial charge >= 0.3 is 0 Å². The van der Waals surface area contributed by atoms with E-state index in [1.807, 2.05) is 30.3 Å². The largest absolute Gasteiger partial charge is 0.325 e. The van der Waals surface area contributed by atoms with Gasteiger partial charge in [-0.25, -0.2) is 12.7 Å². The van der Waals surface area contributed by atoms with E-state index in [0.717, 1.165) is 9.99 Å². The van der Waals surface area contributed by atoms with Crippen molar-refractivity contribution in [3.8, 4) is 5.69 Å². The number of amides is 1. The predicted molar refractivity (Wildman–Crippen MR) is 113 cm³/mol. The van der Waals surface area contributed by atoms with Crippen LogP contribution in [0.15, 0.2) is 64.9 Å². The van der Waals surface area contributed by atoms with Crippen molar-refractivity contribution in [2.24, 2.45) is 0 Å². The Morgan fingerprint density at radius 2 is 1.93 bits per heavy atom. The Hall–Kier alpha value is -2.40. The highest BCUT2D eigenvalue weighted by atomic mass is 35.5. The molecule has 1 heterocycles. The van der Waals surface area contributed by atoms with Gasteiger partial charge in [-0.1, -0.05) is 41.6 Å². The van der Waals surface area contributed by atoms with Crippen LogP contribution in [0.5, 0.6) is 0 Å². The van der Waals surface area contributed by atoms with Crippen LogP contribution in [0.4, 0.5) is 5.69 Å². The molecule has 0 bridgehead atoms. The molecule has 0 aliphatic carbocycles. The van der Waals surface area contributed by atoms with Crippen molar-refractivity contribution in [3.05, 3.63) is 59.9 Å². The number of carbonyl (C=O) groups is 1. The highest BCUT2D eigenvalue weighted by Crippen LogP contribution is 2.27. The number of aromatic nitrogens is 3. The second kappa shape index (κ2) is 8.95. The summed E-state index contributed by atoms with van der Waals surface area (Å²) in [6, 6.07) is 13.9. The van der Waals surface area contributed by atoms with Crippen LogP contribution in [0, 0.1) is 0 Å². The third kappa shape index (κ3) is 4.96. The molecule has 11 heteroatoms. The molecule has 1 N–H and O–H groups in total. The number of hydrogen-bond donors (Lipinski definition) is 1. The average molecular weight is 452 g/mol. The Bertz CT molecular complexity index is 1120. The van der Waals surface area contributed by atoms with Crippen molar-refractivity contribution in [3.63, 3.8) is 0 Å². The molecule has 0 unspecified atom stereocenters. The fourth-order valence-corrected chi connectivity index (χ4v) is 4.51. The van der Waals surface area contributed by atoms with E-state index in [9.17, 15) is 13.2 Å². The van der Waals surface area contributed by atoms with Crippen LogP contribution in [0.25, 0.3) is 5.69 Å². The molecule has 29 heavy (non-hydrogen) atoms. The van der Waals surface area contributed by atoms with Gasteiger partial charge in [0.25, 0.3) is 0 Å². The second-order valence-corrected chi connectivity index (χ2v) is 9.56. The first-order valence-corrected chi connectivity index (χ1v) is 11.2. The molecule has 0 saturated carbocycles. The maximum atomic E-state index is 12.4. The summed E-state index contributed by atoms with van der Waals surface area (Å²) in [5, 5.41) is 11.3. The van der Waals surface area contributed by atoms with Gasteiger partial charge in [0, 0.05) is 25.5 Å². The first-order chi connectivity index (χ1) is 13.8. The summed E-state index contributed by atoms with van der Waals surface area (Å²) in [5.74, 6) is -0.239. The summed E-state index contributed by atoms with van der Waals surface area (Å²) in [6.45, 7) is 0. The van der Waals surface area contributed by atoms with E-state index in [4.69, 9.17) is 11.6 Å². The highest BCUT2D eigenvalue weighted by molar-refractivity contribution is 7.99. The van der Waals surface area contributed by atoms with Crippen molar-refractivity contribution in [1.29, 1.82) is 0 Å². The van der Waals surface area contributed by atoms with Gasteiger partial charge < -0.3 is 5.32 Å². The van der Waals surface area contributed by atoms with E-state index in [1.54, 1.807) is 17.0 Å². The zero-order valence-corrected chi connectivity index (χ0v) is 18.0. The van der Waals surface area contributed by atoms with Crippen molar-refractivity contribution in [1.82, 2.24) is 19.1 Å². The zero-order chi connectivity index (χ0) is 21.0. The van der Waals surface area contributed by atoms with Gasteiger partial charge in [0.05, 0.1) is 10.8 Å². The molecule has 1 amide bonds. The molecular formula is C18H18ClN5O3S2. The second-order valence-electron chi connectivity index (χ2n) is 6.09. The maximum absolute atomic E-state index is 12.4. The third-order valence-corrected chi connectivity index (χ3v) is 7.10. The predicted octanol–water partition coefficient (Wildman–Crippen LogP) is 2.90. The van der Waals surface area contributed by atoms with Crippen molar-refractivity contribution >= 4 is 45.0 Å². The van der Waals surface area contributed by atoms with Crippen molar-refractivity contribution < 1.29 is 13.2 Å². The number of thioether (sulfide) groups is 1. The molecule has 3 aromatic rings. The fourth-order valence-electron chi connectivity index (χ4n) is 2.39. The number of benzene rings is 2. The first-order valence-electron chi connectivity index (χ1n) is 8.39. The SMILES string of the molecule is CN(C)S(=O)(=O)c1cc(NC(=O)CSc2nncn2-c2ccccc2)ccc1Cl. The quantitative estimate of drug-likeness (QED) is 0.555. The molecule has 0 aliphatic heterocycles. The molecule has 0 fully saturated rings. The molecule has 1 aromatic heterocycles. The lowest BCUT2D eigenvalue weighted by molar-refractivity contribution is -0.113. The van der Waals surface area contributed by atoms with Crippen LogP contribution in [-0.4, -0.2) is 53.2 Å². The van der Waals surface area contributed by atoms with E-state index < -0.39 is 10.0 Å². The number of halogens is 1. The Balaban J connectivity index is 1.69. The summed E-state index contributed by atoms with van der Waals surface area (Å²) >= 11 is 7.24. The van der Waals surface area contributed by atoms with E-state index in [0.29, 0.717) is 10.8 Å². The lowest BCUT2D eigenvalue weighted by atomic mass is 10.3. The number of hydrogen-bond acceptors (Lipinski definition) is 6. The van der Waals surface area contributed by atoms with Crippen LogP contribution in [0.2, 0.25) is 5.02 Å². The van der Waals surface area contributed by atoms with Crippen molar-refractivity contribution in [2.45, 2.75) is 10.1 Å². The van der Waals surface area contributed by atoms with Crippen LogP contribution in [0.1, 0.15) is 0 Å². The number of nitrogens with one attached hydrogen (secondary N) is 1. The van der Waals surface area contributed by atoms with Crippen molar-refractivity contribution in [2.75, 3.05) is 25.2 Å². The van der Waals surface area contributed by atoms with Gasteiger partial charge in [0.2, 0.25) is 15.9 Å². The molecule has 152 valence electrons. The standard InChI is InChI=1S/C18H18ClN5O3S2/c1-23(2)29(26,27)16-10-13(8-9-15(16)19)21-17(25)11-28-18-22-20-12-24(18)14-6-4-3-5-7-14/h3-10,12H,11H2,1-2H3,(H,21,25). The minimum atomic E-state index is -3.73. The first kappa shape index (κ1) is 21.3. The molecule has 0 aliphatic rings. The lowest BCUT2D eigenvalue weighted by Gasteiger charge is -2.14. The Morgan fingerprint density at radius 3 is 2.62 bits per heavy atom. The van der Waals surface area contributed by atoms with Gasteiger partial charge in [0.1, 0.15) is 11.2 Å². The minimum absolute atomic E-state index is 0.0709. The van der Waals surface area contributed by atoms with Gasteiger partial charge in [-0.15, -0.1) is 10.2 Å². The highest BCUT2D eigenvalue weighted by Gasteiger charge is 2.21. The van der Waals surface area contributed by atoms with E-state index >= 15 is 0 Å². The van der Waals surface area contributed by atoms with E-state index in [2.05, 4.69) is 15.5 Å². The maximum Gasteiger partial charge on any atom is 0.244 e. The summed E-state index contributed by atoms with van der Waals surface area (Å²) in [6.07, 6.45) is 1.58. The molecule has 0 spiro atoms. The Labute approximate surface area is 177 Å². The van der Waals surface area contributed by atoms with E-state index in [1.165, 1.54) is 38.0 Å². The van der Waals surface area contributed by atoms with E-state index in [-0.39, 0.29) is 21.6 Å². The summed E-state index contributed by atoms with van der Waals surface area (Å²) in [7, 11) is -0.900. The molecule has 0 atom stereocenters. The minimum Gasteiger partial charge on any atom is -0.325 e. The van der Waals surface area contributed by atoms with Gasteiger partial charge in [-0.3, -0.25) is 9.36 Å². The number of nitrogens with zero attached hydrogens (tertiary/aromatic N) is 4. The topological polar surface area (TPSA) is 97.2 Å². The zero-order valence-electron chi connectivity index (χ0n) is 15.6. The lowest BCUT2D eigenvalue weighted by Crippen LogP contribution is -2.23. The van der Waals surface area contributed by atoms with Crippen LogP contribution < -0.4 is 5.32 Å². The number of para-hydroxylation sites is 1. The number of sulfonamides is 1. The molecule has 0 saturated heterocycles. The van der Waals surface area contributed by atoms with Gasteiger partial charge in [0.15, 0.2) is 5.16 Å². The molecule has 2 aromatic carbocycles. The summed E-state index contributed by atoms with van der Waals surface area (Å²) in [5.41, 5.74) is 1.22. The smallest absolute Gasteiger partial charge is 0.244 e. The fraction of sp³-hybridized carbons (Fsp3) is 0.167. The number of rotatable bonds is 7. The normalized spacial score (nSPS) is 11.6. The summed E-state index contributed by atoms with van der Waals surface area (Å²) < 4.78 is 27.5. The molecule has 3 rings (SSSR count). The Kier molecular flexibility index (Phi) is 6.58. The average Bonchev–Trinajstić information content (AvgIpc) is 3.17. The number of anilines is 1. The number of carbonyl (C=O) groups excluding carboxylic acids is 1. The van der Waals surface area contributed by atoms with Gasteiger partial charge in [-0.05, 0) is 30.3 Å². The Morgan fingerprint density at radius 1 is 1.21 bits per heavy atom. The van der Waals surface area contributed by atoms with Crippen LogP contribution >= 0.6 is 23.4 Å². The molecule has 8 nitrogen and oxygen atoms in total. The van der Waals surface area contributed by atoms with Crippen LogP contribution in [-0.2, 0) is 14.8 Å². The van der Waals surface area contributed by atoms with Crippen LogP contribution in [0.3, 0.4) is 0 Å².